The van der Waals surface area contributed by atoms with Crippen molar-refractivity contribution < 1.29 is 4.79 Å². The maximum atomic E-state index is 12.9. The largest absolute Gasteiger partial charge is 0.334 e. The molecule has 3 rings (SSSR count). The number of carbonyl (C=O) groups excluding carboxylic acids is 1. The third-order valence-corrected chi connectivity index (χ3v) is 4.75. The number of hydrogen-bond acceptors (Lipinski definition) is 4. The maximum Gasteiger partial charge on any atom is 0.223 e. The van der Waals surface area contributed by atoms with Gasteiger partial charge in [-0.3, -0.25) is 4.79 Å². The van der Waals surface area contributed by atoms with E-state index in [1.165, 1.54) is 0 Å². The molecule has 140 valence electrons. The lowest BCUT2D eigenvalue weighted by Crippen LogP contribution is -2.40. The molecule has 26 heavy (non-hydrogen) atoms. The van der Waals surface area contributed by atoms with Crippen molar-refractivity contribution in [2.75, 3.05) is 6.54 Å². The molecule has 2 aromatic heterocycles. The highest BCUT2D eigenvalue weighted by atomic mass is 16.2. The summed E-state index contributed by atoms with van der Waals surface area (Å²) in [7, 11) is 1.96. The Morgan fingerprint density at radius 3 is 2.69 bits per heavy atom. The fourth-order valence-electron chi connectivity index (χ4n) is 3.58. The Morgan fingerprint density at radius 1 is 1.27 bits per heavy atom. The highest BCUT2D eigenvalue weighted by Crippen LogP contribution is 2.33. The van der Waals surface area contributed by atoms with Crippen LogP contribution in [0.25, 0.3) is 11.5 Å². The summed E-state index contributed by atoms with van der Waals surface area (Å²) < 4.78 is 1.95. The number of imidazole rings is 1. The molecule has 1 aliphatic heterocycles. The van der Waals surface area contributed by atoms with Crippen LogP contribution in [0.1, 0.15) is 64.0 Å². The van der Waals surface area contributed by atoms with Crippen molar-refractivity contribution in [1.29, 1.82) is 0 Å². The summed E-state index contributed by atoms with van der Waals surface area (Å²) in [4.78, 5) is 28.6. The first-order valence-corrected chi connectivity index (χ1v) is 9.37. The van der Waals surface area contributed by atoms with Crippen LogP contribution >= 0.6 is 0 Å². The summed E-state index contributed by atoms with van der Waals surface area (Å²) in [6.45, 7) is 9.04. The SMILES string of the molecule is Cc1nc(-c2nccn2C)cc(C2CCCCN2C(=O)CC(C)(C)C)n1. The van der Waals surface area contributed by atoms with E-state index in [0.29, 0.717) is 12.2 Å². The quantitative estimate of drug-likeness (QED) is 0.842. The van der Waals surface area contributed by atoms with E-state index >= 15 is 0 Å². The van der Waals surface area contributed by atoms with Gasteiger partial charge in [0.15, 0.2) is 5.82 Å². The van der Waals surface area contributed by atoms with E-state index in [1.807, 2.05) is 35.7 Å². The number of carbonyl (C=O) groups is 1. The molecule has 1 unspecified atom stereocenters. The number of aryl methyl sites for hydroxylation is 2. The minimum atomic E-state index is -0.0151. The number of rotatable bonds is 3. The summed E-state index contributed by atoms with van der Waals surface area (Å²) >= 11 is 0. The minimum Gasteiger partial charge on any atom is -0.334 e. The van der Waals surface area contributed by atoms with Gasteiger partial charge in [-0.1, -0.05) is 20.8 Å². The molecule has 3 heterocycles. The molecular weight excluding hydrogens is 326 g/mol. The van der Waals surface area contributed by atoms with Gasteiger partial charge >= 0.3 is 0 Å². The average molecular weight is 355 g/mol. The zero-order valence-corrected chi connectivity index (χ0v) is 16.5. The molecule has 0 radical (unpaired) electrons. The Bertz CT molecular complexity index is 790. The third-order valence-electron chi connectivity index (χ3n) is 4.75. The Labute approximate surface area is 155 Å². The Balaban J connectivity index is 1.94. The molecule has 0 saturated carbocycles. The van der Waals surface area contributed by atoms with E-state index in [-0.39, 0.29) is 17.4 Å². The van der Waals surface area contributed by atoms with Crippen LogP contribution in [0.2, 0.25) is 0 Å². The van der Waals surface area contributed by atoms with Crippen LogP contribution in [-0.2, 0) is 11.8 Å². The highest BCUT2D eigenvalue weighted by molar-refractivity contribution is 5.77. The van der Waals surface area contributed by atoms with Gasteiger partial charge in [-0.05, 0) is 37.7 Å². The van der Waals surface area contributed by atoms with Crippen molar-refractivity contribution in [2.45, 2.75) is 59.4 Å². The van der Waals surface area contributed by atoms with Gasteiger partial charge < -0.3 is 9.47 Å². The molecule has 1 fully saturated rings. The van der Waals surface area contributed by atoms with Gasteiger partial charge in [-0.15, -0.1) is 0 Å². The van der Waals surface area contributed by atoms with Crippen LogP contribution in [0.15, 0.2) is 18.5 Å². The Kier molecular flexibility index (Phi) is 5.12. The normalized spacial score (nSPS) is 18.2. The highest BCUT2D eigenvalue weighted by Gasteiger charge is 2.31. The van der Waals surface area contributed by atoms with Gasteiger partial charge in [0.25, 0.3) is 0 Å². The molecule has 0 aliphatic carbocycles. The summed E-state index contributed by atoms with van der Waals surface area (Å²) in [5, 5.41) is 0. The van der Waals surface area contributed by atoms with Crippen molar-refractivity contribution >= 4 is 5.91 Å². The summed E-state index contributed by atoms with van der Waals surface area (Å²) in [5.74, 6) is 1.76. The Morgan fingerprint density at radius 2 is 2.04 bits per heavy atom. The molecule has 0 spiro atoms. The van der Waals surface area contributed by atoms with Gasteiger partial charge in [0.1, 0.15) is 11.5 Å². The summed E-state index contributed by atoms with van der Waals surface area (Å²) in [6, 6.07) is 2.03. The second-order valence-corrected chi connectivity index (χ2v) is 8.42. The molecule has 0 aromatic carbocycles. The van der Waals surface area contributed by atoms with Crippen molar-refractivity contribution in [1.82, 2.24) is 24.4 Å². The lowest BCUT2D eigenvalue weighted by atomic mass is 9.90. The molecule has 2 aromatic rings. The zero-order valence-electron chi connectivity index (χ0n) is 16.5. The van der Waals surface area contributed by atoms with Gasteiger partial charge in [0.05, 0.1) is 11.7 Å². The first-order valence-electron chi connectivity index (χ1n) is 9.37. The topological polar surface area (TPSA) is 63.9 Å². The number of amides is 1. The predicted molar refractivity (Wildman–Crippen MR) is 101 cm³/mol. The molecule has 1 saturated heterocycles. The van der Waals surface area contributed by atoms with Gasteiger partial charge in [0, 0.05) is 32.4 Å². The molecule has 0 bridgehead atoms. The second-order valence-electron chi connectivity index (χ2n) is 8.42. The maximum absolute atomic E-state index is 12.9. The molecule has 6 heteroatoms. The lowest BCUT2D eigenvalue weighted by molar-refractivity contribution is -0.137. The number of piperidine rings is 1. The second kappa shape index (κ2) is 7.17. The lowest BCUT2D eigenvalue weighted by Gasteiger charge is -2.37. The van der Waals surface area contributed by atoms with Crippen LogP contribution in [0.4, 0.5) is 0 Å². The first kappa shape index (κ1) is 18.5. The van der Waals surface area contributed by atoms with E-state index in [2.05, 4.69) is 35.7 Å². The van der Waals surface area contributed by atoms with Gasteiger partial charge in [-0.2, -0.15) is 0 Å². The number of nitrogens with zero attached hydrogens (tertiary/aromatic N) is 5. The van der Waals surface area contributed by atoms with E-state index in [4.69, 9.17) is 0 Å². The fraction of sp³-hybridized carbons (Fsp3) is 0.600. The Hall–Kier alpha value is -2.24. The van der Waals surface area contributed by atoms with Crippen LogP contribution < -0.4 is 0 Å². The number of aromatic nitrogens is 4. The molecule has 1 aliphatic rings. The van der Waals surface area contributed by atoms with E-state index in [0.717, 1.165) is 43.0 Å². The van der Waals surface area contributed by atoms with Crippen LogP contribution in [0.3, 0.4) is 0 Å². The first-order chi connectivity index (χ1) is 12.2. The number of likely N-dealkylation sites (tertiary alicyclic amines) is 1. The van der Waals surface area contributed by atoms with Crippen molar-refractivity contribution in [3.05, 3.63) is 30.0 Å². The van der Waals surface area contributed by atoms with E-state index in [9.17, 15) is 4.79 Å². The van der Waals surface area contributed by atoms with Crippen LogP contribution in [0, 0.1) is 12.3 Å². The molecular formula is C20H29N5O. The molecule has 1 amide bonds. The average Bonchev–Trinajstić information content (AvgIpc) is 2.99. The summed E-state index contributed by atoms with van der Waals surface area (Å²) in [6.07, 6.45) is 7.36. The van der Waals surface area contributed by atoms with Crippen molar-refractivity contribution in [3.8, 4) is 11.5 Å². The number of hydrogen-bond donors (Lipinski definition) is 0. The van der Waals surface area contributed by atoms with E-state index < -0.39 is 0 Å². The molecule has 0 N–H and O–H groups in total. The minimum absolute atomic E-state index is 0.0151. The van der Waals surface area contributed by atoms with Crippen LogP contribution in [0.5, 0.6) is 0 Å². The summed E-state index contributed by atoms with van der Waals surface area (Å²) in [5.41, 5.74) is 1.73. The third kappa shape index (κ3) is 4.11. The van der Waals surface area contributed by atoms with Crippen molar-refractivity contribution in [2.24, 2.45) is 12.5 Å². The van der Waals surface area contributed by atoms with Crippen molar-refractivity contribution in [3.63, 3.8) is 0 Å². The monoisotopic (exact) mass is 355 g/mol. The molecule has 6 nitrogen and oxygen atoms in total. The molecule has 1 atom stereocenters. The standard InChI is InChI=1S/C20H29N5O/c1-14-22-15(12-16(23-14)19-21-9-11-24(19)5)17-8-6-7-10-25(17)18(26)13-20(2,3)4/h9,11-12,17H,6-8,10,13H2,1-5H3. The smallest absolute Gasteiger partial charge is 0.223 e. The van der Waals surface area contributed by atoms with E-state index in [1.54, 1.807) is 6.20 Å². The van der Waals surface area contributed by atoms with Crippen LogP contribution in [-0.4, -0.2) is 36.9 Å². The zero-order chi connectivity index (χ0) is 18.9. The van der Waals surface area contributed by atoms with Gasteiger partial charge in [-0.25, -0.2) is 15.0 Å². The fourth-order valence-corrected chi connectivity index (χ4v) is 3.58. The predicted octanol–water partition coefficient (Wildman–Crippen LogP) is 3.68. The van der Waals surface area contributed by atoms with Gasteiger partial charge in [0.2, 0.25) is 5.91 Å².